The van der Waals surface area contributed by atoms with E-state index in [1.165, 1.54) is 5.52 Å². The van der Waals surface area contributed by atoms with Gasteiger partial charge in [-0.3, -0.25) is 4.79 Å². The third-order valence-electron chi connectivity index (χ3n) is 4.06. The maximum absolute atomic E-state index is 11.6. The highest BCUT2D eigenvalue weighted by molar-refractivity contribution is 7.99. The quantitative estimate of drug-likeness (QED) is 0.497. The number of hydrogen-bond acceptors (Lipinski definition) is 3. The van der Waals surface area contributed by atoms with Crippen LogP contribution in [0, 0.1) is 5.92 Å². The van der Waals surface area contributed by atoms with E-state index in [4.69, 9.17) is 4.98 Å². The average Bonchev–Trinajstić information content (AvgIpc) is 2.89. The first-order valence-corrected chi connectivity index (χ1v) is 9.76. The Hall–Kier alpha value is -1.49. The van der Waals surface area contributed by atoms with Crippen LogP contribution in [0.5, 0.6) is 0 Å². The summed E-state index contributed by atoms with van der Waals surface area (Å²) in [7, 11) is 3.63. The summed E-state index contributed by atoms with van der Waals surface area (Å²) in [5.41, 5.74) is 2.30. The standard InChI is InChI=1S/C19H29N3OS/c1-15(2)12-13-22-17-10-6-5-9-16(17)20-19(22)24-14-8-7-11-18(23)21(3)4/h5-6,9-10,15H,7-8,11-14H2,1-4H3. The van der Waals surface area contributed by atoms with Crippen LogP contribution in [0.4, 0.5) is 0 Å². The number of carbonyl (C=O) groups excluding carboxylic acids is 1. The number of amides is 1. The second-order valence-electron chi connectivity index (χ2n) is 6.81. The molecular formula is C19H29N3OS. The molecule has 5 heteroatoms. The van der Waals surface area contributed by atoms with Crippen molar-refractivity contribution < 1.29 is 4.79 Å². The van der Waals surface area contributed by atoms with Gasteiger partial charge in [0.25, 0.3) is 0 Å². The van der Waals surface area contributed by atoms with Crippen LogP contribution in [-0.4, -0.2) is 40.2 Å². The largest absolute Gasteiger partial charge is 0.349 e. The molecule has 1 aromatic carbocycles. The van der Waals surface area contributed by atoms with E-state index in [9.17, 15) is 4.79 Å². The van der Waals surface area contributed by atoms with Crippen molar-refractivity contribution in [1.82, 2.24) is 14.5 Å². The number of aryl methyl sites for hydroxylation is 1. The zero-order chi connectivity index (χ0) is 17.5. The topological polar surface area (TPSA) is 38.1 Å². The maximum Gasteiger partial charge on any atom is 0.222 e. The number of unbranched alkanes of at least 4 members (excludes halogenated alkanes) is 1. The zero-order valence-corrected chi connectivity index (χ0v) is 16.1. The highest BCUT2D eigenvalue weighted by Gasteiger charge is 2.11. The first-order valence-electron chi connectivity index (χ1n) is 8.77. The van der Waals surface area contributed by atoms with Crippen molar-refractivity contribution in [2.75, 3.05) is 19.8 Å². The Morgan fingerprint density at radius 1 is 1.25 bits per heavy atom. The van der Waals surface area contributed by atoms with E-state index in [0.29, 0.717) is 12.3 Å². The Morgan fingerprint density at radius 3 is 2.71 bits per heavy atom. The van der Waals surface area contributed by atoms with E-state index >= 15 is 0 Å². The van der Waals surface area contributed by atoms with E-state index in [-0.39, 0.29) is 5.91 Å². The Balaban J connectivity index is 1.95. The van der Waals surface area contributed by atoms with Gasteiger partial charge in [-0.25, -0.2) is 4.98 Å². The highest BCUT2D eigenvalue weighted by atomic mass is 32.2. The molecule has 1 aromatic heterocycles. The fourth-order valence-corrected chi connectivity index (χ4v) is 3.57. The van der Waals surface area contributed by atoms with Gasteiger partial charge in [-0.1, -0.05) is 37.7 Å². The van der Waals surface area contributed by atoms with Gasteiger partial charge in [0, 0.05) is 32.8 Å². The molecule has 0 aliphatic heterocycles. The van der Waals surface area contributed by atoms with E-state index in [0.717, 1.165) is 42.2 Å². The van der Waals surface area contributed by atoms with Crippen molar-refractivity contribution in [3.05, 3.63) is 24.3 Å². The van der Waals surface area contributed by atoms with Crippen molar-refractivity contribution in [2.45, 2.75) is 51.2 Å². The molecule has 0 spiro atoms. The monoisotopic (exact) mass is 347 g/mol. The molecule has 0 saturated heterocycles. The molecule has 1 heterocycles. The number of aromatic nitrogens is 2. The molecule has 0 saturated carbocycles. The van der Waals surface area contributed by atoms with Crippen molar-refractivity contribution in [3.63, 3.8) is 0 Å². The van der Waals surface area contributed by atoms with Gasteiger partial charge in [-0.2, -0.15) is 0 Å². The molecule has 2 aromatic rings. The third-order valence-corrected chi connectivity index (χ3v) is 5.13. The summed E-state index contributed by atoms with van der Waals surface area (Å²) in [6.45, 7) is 5.53. The number of carbonyl (C=O) groups is 1. The smallest absolute Gasteiger partial charge is 0.222 e. The molecular weight excluding hydrogens is 318 g/mol. The Morgan fingerprint density at radius 2 is 2.00 bits per heavy atom. The van der Waals surface area contributed by atoms with Crippen LogP contribution in [-0.2, 0) is 11.3 Å². The number of nitrogens with zero attached hydrogens (tertiary/aromatic N) is 3. The summed E-state index contributed by atoms with van der Waals surface area (Å²) in [6, 6.07) is 8.37. The number of imidazole rings is 1. The molecule has 0 aliphatic rings. The van der Waals surface area contributed by atoms with Crippen LogP contribution < -0.4 is 0 Å². The molecule has 0 radical (unpaired) electrons. The number of fused-ring (bicyclic) bond motifs is 1. The van der Waals surface area contributed by atoms with Crippen LogP contribution in [0.15, 0.2) is 29.4 Å². The van der Waals surface area contributed by atoms with Crippen molar-refractivity contribution in [3.8, 4) is 0 Å². The Labute approximate surface area is 149 Å². The van der Waals surface area contributed by atoms with Gasteiger partial charge < -0.3 is 9.47 Å². The molecule has 0 N–H and O–H groups in total. The summed E-state index contributed by atoms with van der Waals surface area (Å²) in [4.78, 5) is 18.1. The summed E-state index contributed by atoms with van der Waals surface area (Å²) in [5.74, 6) is 1.90. The second-order valence-corrected chi connectivity index (χ2v) is 7.87. The van der Waals surface area contributed by atoms with Crippen LogP contribution in [0.2, 0.25) is 0 Å². The summed E-state index contributed by atoms with van der Waals surface area (Å²) in [6.07, 6.45) is 3.77. The van der Waals surface area contributed by atoms with Crippen LogP contribution in [0.1, 0.15) is 39.5 Å². The van der Waals surface area contributed by atoms with Gasteiger partial charge in [0.15, 0.2) is 5.16 Å². The fraction of sp³-hybridized carbons (Fsp3) is 0.579. The predicted octanol–water partition coefficient (Wildman–Crippen LogP) is 4.43. The molecule has 1 amide bonds. The molecule has 0 atom stereocenters. The fourth-order valence-electron chi connectivity index (χ4n) is 2.53. The predicted molar refractivity (Wildman–Crippen MR) is 102 cm³/mol. The summed E-state index contributed by atoms with van der Waals surface area (Å²) < 4.78 is 2.35. The minimum absolute atomic E-state index is 0.212. The Kier molecular flexibility index (Phi) is 7.16. The Bertz CT molecular complexity index is 664. The molecule has 4 nitrogen and oxygen atoms in total. The molecule has 132 valence electrons. The van der Waals surface area contributed by atoms with Gasteiger partial charge in [-0.05, 0) is 37.3 Å². The first kappa shape index (κ1) is 18.8. The molecule has 0 fully saturated rings. The van der Waals surface area contributed by atoms with Gasteiger partial charge in [0.2, 0.25) is 5.91 Å². The minimum atomic E-state index is 0.212. The first-order chi connectivity index (χ1) is 11.5. The van der Waals surface area contributed by atoms with E-state index < -0.39 is 0 Å². The van der Waals surface area contributed by atoms with Crippen LogP contribution in [0.3, 0.4) is 0 Å². The van der Waals surface area contributed by atoms with Gasteiger partial charge in [0.05, 0.1) is 11.0 Å². The summed E-state index contributed by atoms with van der Waals surface area (Å²) in [5, 5.41) is 1.11. The number of para-hydroxylation sites is 2. The number of rotatable bonds is 9. The average molecular weight is 348 g/mol. The molecule has 0 unspecified atom stereocenters. The van der Waals surface area contributed by atoms with Gasteiger partial charge >= 0.3 is 0 Å². The van der Waals surface area contributed by atoms with Crippen molar-refractivity contribution in [2.24, 2.45) is 5.92 Å². The van der Waals surface area contributed by atoms with Crippen LogP contribution >= 0.6 is 11.8 Å². The van der Waals surface area contributed by atoms with Crippen molar-refractivity contribution in [1.29, 1.82) is 0 Å². The second kappa shape index (κ2) is 9.11. The summed E-state index contributed by atoms with van der Waals surface area (Å²) >= 11 is 1.81. The SMILES string of the molecule is CC(C)CCn1c(SCCCCC(=O)N(C)C)nc2ccccc21. The normalized spacial score (nSPS) is 11.4. The van der Waals surface area contributed by atoms with Crippen molar-refractivity contribution >= 4 is 28.7 Å². The van der Waals surface area contributed by atoms with Crippen LogP contribution in [0.25, 0.3) is 11.0 Å². The third kappa shape index (κ3) is 5.26. The molecule has 0 aliphatic carbocycles. The molecule has 0 bridgehead atoms. The number of hydrogen-bond donors (Lipinski definition) is 0. The maximum atomic E-state index is 11.6. The number of thioether (sulfide) groups is 1. The van der Waals surface area contributed by atoms with E-state index in [1.807, 2.05) is 31.9 Å². The van der Waals surface area contributed by atoms with E-state index in [1.54, 1.807) is 4.90 Å². The molecule has 2 rings (SSSR count). The van der Waals surface area contributed by atoms with E-state index in [2.05, 4.69) is 36.6 Å². The van der Waals surface area contributed by atoms with Gasteiger partial charge in [0.1, 0.15) is 0 Å². The lowest BCUT2D eigenvalue weighted by Gasteiger charge is -2.11. The minimum Gasteiger partial charge on any atom is -0.349 e. The zero-order valence-electron chi connectivity index (χ0n) is 15.3. The highest BCUT2D eigenvalue weighted by Crippen LogP contribution is 2.26. The number of benzene rings is 1. The lowest BCUT2D eigenvalue weighted by molar-refractivity contribution is -0.128. The van der Waals surface area contributed by atoms with Gasteiger partial charge in [-0.15, -0.1) is 0 Å². The lowest BCUT2D eigenvalue weighted by Crippen LogP contribution is -2.21. The molecule has 24 heavy (non-hydrogen) atoms. The lowest BCUT2D eigenvalue weighted by atomic mass is 10.1.